The van der Waals surface area contributed by atoms with Gasteiger partial charge in [-0.1, -0.05) is 29.3 Å². The third-order valence-corrected chi connectivity index (χ3v) is 3.84. The van der Waals surface area contributed by atoms with Gasteiger partial charge in [-0.15, -0.1) is 0 Å². The van der Waals surface area contributed by atoms with Gasteiger partial charge < -0.3 is 9.47 Å². The van der Waals surface area contributed by atoms with Crippen LogP contribution in [0.3, 0.4) is 0 Å². The van der Waals surface area contributed by atoms with E-state index >= 15 is 0 Å². The van der Waals surface area contributed by atoms with Crippen LogP contribution < -0.4 is 5.56 Å². The Bertz CT molecular complexity index is 741. The van der Waals surface area contributed by atoms with Gasteiger partial charge in [0.05, 0.1) is 10.0 Å². The van der Waals surface area contributed by atoms with Crippen molar-refractivity contribution < 1.29 is 4.79 Å². The number of halogens is 2. The lowest BCUT2D eigenvalue weighted by molar-refractivity contribution is 0.0785. The van der Waals surface area contributed by atoms with Gasteiger partial charge in [-0.05, 0) is 23.8 Å². The fourth-order valence-electron chi connectivity index (χ4n) is 1.89. The van der Waals surface area contributed by atoms with Crippen LogP contribution in [0.25, 0.3) is 0 Å². The van der Waals surface area contributed by atoms with Gasteiger partial charge in [-0.25, -0.2) is 0 Å². The van der Waals surface area contributed by atoms with Crippen LogP contribution in [0.4, 0.5) is 0 Å². The summed E-state index contributed by atoms with van der Waals surface area (Å²) in [6.07, 6.45) is 1.57. The van der Waals surface area contributed by atoms with E-state index in [1.165, 1.54) is 15.5 Å². The zero-order chi connectivity index (χ0) is 15.6. The summed E-state index contributed by atoms with van der Waals surface area (Å²) >= 11 is 11.8. The zero-order valence-electron chi connectivity index (χ0n) is 11.6. The molecule has 2 rings (SSSR count). The second-order valence-corrected chi connectivity index (χ2v) is 5.59. The van der Waals surface area contributed by atoms with Crippen LogP contribution in [0.15, 0.2) is 41.3 Å². The van der Waals surface area contributed by atoms with Crippen LogP contribution in [0.1, 0.15) is 15.9 Å². The first kappa shape index (κ1) is 15.6. The lowest BCUT2D eigenvalue weighted by atomic mass is 10.2. The standard InChI is InChI=1S/C15H14Cl2N2O2/c1-18-6-5-11(8-14(18)20)15(21)19(2)9-10-3-4-12(16)13(17)7-10/h3-8H,9H2,1-2H3. The molecule has 0 aliphatic heterocycles. The Labute approximate surface area is 132 Å². The molecular formula is C15H14Cl2N2O2. The summed E-state index contributed by atoms with van der Waals surface area (Å²) in [6.45, 7) is 0.380. The van der Waals surface area contributed by atoms with Crippen molar-refractivity contribution in [2.24, 2.45) is 7.05 Å². The highest BCUT2D eigenvalue weighted by Gasteiger charge is 2.13. The monoisotopic (exact) mass is 324 g/mol. The maximum absolute atomic E-state index is 12.3. The molecule has 0 saturated heterocycles. The molecule has 110 valence electrons. The first-order valence-corrected chi connectivity index (χ1v) is 7.00. The summed E-state index contributed by atoms with van der Waals surface area (Å²) in [4.78, 5) is 25.4. The van der Waals surface area contributed by atoms with E-state index in [4.69, 9.17) is 23.2 Å². The number of nitrogens with zero attached hydrogens (tertiary/aromatic N) is 2. The van der Waals surface area contributed by atoms with E-state index in [9.17, 15) is 9.59 Å². The number of carbonyl (C=O) groups is 1. The highest BCUT2D eigenvalue weighted by atomic mass is 35.5. The van der Waals surface area contributed by atoms with E-state index in [1.807, 2.05) is 6.07 Å². The van der Waals surface area contributed by atoms with Crippen molar-refractivity contribution in [3.05, 3.63) is 68.1 Å². The van der Waals surface area contributed by atoms with E-state index in [1.54, 1.807) is 38.5 Å². The van der Waals surface area contributed by atoms with Crippen molar-refractivity contribution in [3.8, 4) is 0 Å². The van der Waals surface area contributed by atoms with Crippen LogP contribution in [0, 0.1) is 0 Å². The number of aryl methyl sites for hydroxylation is 1. The second-order valence-electron chi connectivity index (χ2n) is 4.77. The summed E-state index contributed by atoms with van der Waals surface area (Å²) in [7, 11) is 3.30. The highest BCUT2D eigenvalue weighted by molar-refractivity contribution is 6.42. The molecular weight excluding hydrogens is 311 g/mol. The third kappa shape index (κ3) is 3.65. The molecule has 0 aliphatic rings. The van der Waals surface area contributed by atoms with E-state index in [2.05, 4.69) is 0 Å². The Balaban J connectivity index is 2.17. The third-order valence-electron chi connectivity index (χ3n) is 3.10. The lowest BCUT2D eigenvalue weighted by Gasteiger charge is -2.17. The summed E-state index contributed by atoms with van der Waals surface area (Å²) in [5.41, 5.74) is 1.01. The number of rotatable bonds is 3. The summed E-state index contributed by atoms with van der Waals surface area (Å²) in [5.74, 6) is -0.223. The zero-order valence-corrected chi connectivity index (χ0v) is 13.1. The second kappa shape index (κ2) is 6.33. The minimum atomic E-state index is -0.223. The van der Waals surface area contributed by atoms with E-state index in [-0.39, 0.29) is 11.5 Å². The van der Waals surface area contributed by atoms with Crippen molar-refractivity contribution in [2.45, 2.75) is 6.54 Å². The molecule has 0 saturated carbocycles. The Morgan fingerprint density at radius 2 is 1.90 bits per heavy atom. The molecule has 1 amide bonds. The number of hydrogen-bond acceptors (Lipinski definition) is 2. The summed E-state index contributed by atoms with van der Waals surface area (Å²) < 4.78 is 1.41. The highest BCUT2D eigenvalue weighted by Crippen LogP contribution is 2.23. The molecule has 1 heterocycles. The Hall–Kier alpha value is -1.78. The predicted octanol–water partition coefficient (Wildman–Crippen LogP) is 2.96. The normalized spacial score (nSPS) is 10.5. The number of benzene rings is 1. The van der Waals surface area contributed by atoms with Crippen LogP contribution in [-0.2, 0) is 13.6 Å². The van der Waals surface area contributed by atoms with Gasteiger partial charge in [0, 0.05) is 38.5 Å². The van der Waals surface area contributed by atoms with Gasteiger partial charge in [0.25, 0.3) is 11.5 Å². The number of amides is 1. The van der Waals surface area contributed by atoms with Gasteiger partial charge in [-0.2, -0.15) is 0 Å². The molecule has 0 fully saturated rings. The van der Waals surface area contributed by atoms with Gasteiger partial charge in [-0.3, -0.25) is 9.59 Å². The smallest absolute Gasteiger partial charge is 0.254 e. The van der Waals surface area contributed by atoms with Crippen molar-refractivity contribution in [1.29, 1.82) is 0 Å². The fourth-order valence-corrected chi connectivity index (χ4v) is 2.21. The number of pyridine rings is 1. The molecule has 0 aliphatic carbocycles. The molecule has 1 aromatic carbocycles. The first-order chi connectivity index (χ1) is 9.88. The maximum Gasteiger partial charge on any atom is 0.254 e. The number of aromatic nitrogens is 1. The molecule has 2 aromatic rings. The number of hydrogen-bond donors (Lipinski definition) is 0. The van der Waals surface area contributed by atoms with Gasteiger partial charge in [0.2, 0.25) is 0 Å². The van der Waals surface area contributed by atoms with Crippen molar-refractivity contribution >= 4 is 29.1 Å². The van der Waals surface area contributed by atoms with Crippen molar-refractivity contribution in [3.63, 3.8) is 0 Å². The molecule has 21 heavy (non-hydrogen) atoms. The molecule has 0 bridgehead atoms. The lowest BCUT2D eigenvalue weighted by Crippen LogP contribution is -2.28. The average Bonchev–Trinajstić information content (AvgIpc) is 2.45. The van der Waals surface area contributed by atoms with Crippen LogP contribution in [0.5, 0.6) is 0 Å². The SMILES string of the molecule is CN(Cc1ccc(Cl)c(Cl)c1)C(=O)c1ccn(C)c(=O)c1. The van der Waals surface area contributed by atoms with Crippen LogP contribution in [0.2, 0.25) is 10.0 Å². The Morgan fingerprint density at radius 3 is 2.52 bits per heavy atom. The minimum absolute atomic E-state index is 0.219. The van der Waals surface area contributed by atoms with Gasteiger partial charge in [0.15, 0.2) is 0 Å². The van der Waals surface area contributed by atoms with E-state index in [0.717, 1.165) is 5.56 Å². The first-order valence-electron chi connectivity index (χ1n) is 6.24. The largest absolute Gasteiger partial charge is 0.337 e. The number of carbonyl (C=O) groups excluding carboxylic acids is 1. The molecule has 0 radical (unpaired) electrons. The van der Waals surface area contributed by atoms with Crippen LogP contribution >= 0.6 is 23.2 Å². The predicted molar refractivity (Wildman–Crippen MR) is 83.9 cm³/mol. The molecule has 1 aromatic heterocycles. The molecule has 0 spiro atoms. The molecule has 6 heteroatoms. The summed E-state index contributed by atoms with van der Waals surface area (Å²) in [6, 6.07) is 8.16. The summed E-state index contributed by atoms with van der Waals surface area (Å²) in [5, 5.41) is 0.921. The Kier molecular flexibility index (Phi) is 4.70. The van der Waals surface area contributed by atoms with E-state index < -0.39 is 0 Å². The van der Waals surface area contributed by atoms with Gasteiger partial charge in [0.1, 0.15) is 0 Å². The topological polar surface area (TPSA) is 42.3 Å². The molecule has 0 atom stereocenters. The molecule has 0 N–H and O–H groups in total. The van der Waals surface area contributed by atoms with Crippen molar-refractivity contribution in [2.75, 3.05) is 7.05 Å². The quantitative estimate of drug-likeness (QED) is 0.871. The fraction of sp³-hybridized carbons (Fsp3) is 0.200. The van der Waals surface area contributed by atoms with Gasteiger partial charge >= 0.3 is 0 Å². The average molecular weight is 325 g/mol. The minimum Gasteiger partial charge on any atom is -0.337 e. The molecule has 4 nitrogen and oxygen atoms in total. The Morgan fingerprint density at radius 1 is 1.19 bits per heavy atom. The van der Waals surface area contributed by atoms with E-state index in [0.29, 0.717) is 22.2 Å². The molecule has 0 unspecified atom stereocenters. The van der Waals surface area contributed by atoms with Crippen LogP contribution in [-0.4, -0.2) is 22.4 Å². The maximum atomic E-state index is 12.3. The van der Waals surface area contributed by atoms with Crippen molar-refractivity contribution in [1.82, 2.24) is 9.47 Å².